The maximum absolute atomic E-state index is 14.0. The number of benzene rings is 1. The fourth-order valence-corrected chi connectivity index (χ4v) is 2.06. The Morgan fingerprint density at radius 2 is 1.88 bits per heavy atom. The zero-order valence-electron chi connectivity index (χ0n) is 13.0. The van der Waals surface area contributed by atoms with Crippen molar-refractivity contribution in [3.63, 3.8) is 0 Å². The van der Waals surface area contributed by atoms with E-state index in [1.165, 1.54) is 32.3 Å². The van der Waals surface area contributed by atoms with E-state index >= 15 is 0 Å². The number of carbonyl (C=O) groups excluding carboxylic acids is 1. The van der Waals surface area contributed by atoms with Crippen LogP contribution in [0.15, 0.2) is 33.9 Å². The van der Waals surface area contributed by atoms with E-state index in [9.17, 15) is 18.8 Å². The van der Waals surface area contributed by atoms with Crippen LogP contribution in [-0.2, 0) is 14.1 Å². The lowest BCUT2D eigenvalue weighted by atomic mass is 10.3. The van der Waals surface area contributed by atoms with Crippen LogP contribution < -0.4 is 16.6 Å². The molecule has 1 amide bonds. The molecule has 2 heterocycles. The second kappa shape index (κ2) is 6.07. The molecule has 0 aliphatic rings. The van der Waals surface area contributed by atoms with E-state index in [4.69, 9.17) is 0 Å². The maximum Gasteiger partial charge on any atom is 0.351 e. The molecule has 0 radical (unpaired) electrons. The average molecular weight is 346 g/mol. The Bertz CT molecular complexity index is 1080. The van der Waals surface area contributed by atoms with Gasteiger partial charge in [0, 0.05) is 14.1 Å². The molecule has 128 valence electrons. The number of hydrogen-bond donors (Lipinski definition) is 1. The number of para-hydroxylation sites is 1. The molecule has 0 aliphatic carbocycles. The van der Waals surface area contributed by atoms with E-state index in [1.54, 1.807) is 0 Å². The minimum atomic E-state index is -1.07. The summed E-state index contributed by atoms with van der Waals surface area (Å²) in [6, 6.07) is 5.19. The Morgan fingerprint density at radius 1 is 1.16 bits per heavy atom. The molecule has 0 aliphatic heterocycles. The molecule has 0 fully saturated rings. The largest absolute Gasteiger partial charge is 0.351 e. The molecule has 0 spiro atoms. The number of nitrogens with zero attached hydrogens (tertiary/aromatic N) is 7. The van der Waals surface area contributed by atoms with Crippen LogP contribution >= 0.6 is 0 Å². The molecule has 0 unspecified atom stereocenters. The van der Waals surface area contributed by atoms with Crippen molar-refractivity contribution in [2.45, 2.75) is 0 Å². The van der Waals surface area contributed by atoms with Gasteiger partial charge in [0.05, 0.1) is 5.69 Å². The van der Waals surface area contributed by atoms with Gasteiger partial charge in [-0.15, -0.1) is 0 Å². The van der Waals surface area contributed by atoms with Crippen LogP contribution in [0.4, 0.5) is 10.3 Å². The van der Waals surface area contributed by atoms with Crippen LogP contribution in [0, 0.1) is 5.82 Å². The molecular weight excluding hydrogens is 335 g/mol. The SMILES string of the molecule is Cn1nnnc1NC(=O)c1nn(C)c(=O)n(-c2ccccc2F)c1=O. The molecule has 2 aromatic heterocycles. The molecule has 0 saturated carbocycles. The summed E-state index contributed by atoms with van der Waals surface area (Å²) in [4.78, 5) is 37.1. The van der Waals surface area contributed by atoms with Crippen LogP contribution in [0.2, 0.25) is 0 Å². The van der Waals surface area contributed by atoms with Gasteiger partial charge in [-0.3, -0.25) is 14.9 Å². The van der Waals surface area contributed by atoms with Crippen molar-refractivity contribution in [3.8, 4) is 5.69 Å². The van der Waals surface area contributed by atoms with E-state index in [0.29, 0.717) is 4.57 Å². The molecule has 1 N–H and O–H groups in total. The Morgan fingerprint density at radius 3 is 2.52 bits per heavy atom. The Hall–Kier alpha value is -3.70. The zero-order chi connectivity index (χ0) is 18.1. The van der Waals surface area contributed by atoms with Crippen LogP contribution in [-0.4, -0.2) is 40.5 Å². The second-order valence-corrected chi connectivity index (χ2v) is 4.93. The quantitative estimate of drug-likeness (QED) is 0.633. The van der Waals surface area contributed by atoms with Crippen molar-refractivity contribution in [3.05, 3.63) is 56.6 Å². The van der Waals surface area contributed by atoms with Crippen molar-refractivity contribution < 1.29 is 9.18 Å². The molecule has 3 rings (SSSR count). The molecule has 0 atom stereocenters. The smallest absolute Gasteiger partial charge is 0.288 e. The second-order valence-electron chi connectivity index (χ2n) is 4.93. The first-order chi connectivity index (χ1) is 11.9. The number of carbonyl (C=O) groups is 1. The standard InChI is InChI=1S/C13H11FN8O3/c1-20-12(16-18-19-20)15-10(23)9-11(24)22(13(25)21(2)17-9)8-6-4-3-5-7(8)14/h3-6H,1-2H3,(H,15,16,19,23). The van der Waals surface area contributed by atoms with Crippen LogP contribution in [0.25, 0.3) is 5.69 Å². The van der Waals surface area contributed by atoms with Gasteiger partial charge >= 0.3 is 5.69 Å². The van der Waals surface area contributed by atoms with Gasteiger partial charge in [0.15, 0.2) is 0 Å². The fraction of sp³-hybridized carbons (Fsp3) is 0.154. The van der Waals surface area contributed by atoms with Crippen molar-refractivity contribution >= 4 is 11.9 Å². The Balaban J connectivity index is 2.15. The summed E-state index contributed by atoms with van der Waals surface area (Å²) in [5.41, 5.74) is -2.87. The van der Waals surface area contributed by atoms with Gasteiger partial charge < -0.3 is 0 Å². The fourth-order valence-electron chi connectivity index (χ4n) is 2.06. The molecule has 11 nitrogen and oxygen atoms in total. The first kappa shape index (κ1) is 16.2. The highest BCUT2D eigenvalue weighted by atomic mass is 19.1. The zero-order valence-corrected chi connectivity index (χ0v) is 13.0. The van der Waals surface area contributed by atoms with Gasteiger partial charge in [-0.1, -0.05) is 17.2 Å². The molecule has 0 bridgehead atoms. The normalized spacial score (nSPS) is 10.7. The minimum absolute atomic E-state index is 0.0301. The highest BCUT2D eigenvalue weighted by Crippen LogP contribution is 2.08. The number of hydrogen-bond acceptors (Lipinski definition) is 7. The Kier molecular flexibility index (Phi) is 3.92. The van der Waals surface area contributed by atoms with Crippen molar-refractivity contribution in [1.29, 1.82) is 0 Å². The lowest BCUT2D eigenvalue weighted by Gasteiger charge is -2.09. The first-order valence-corrected chi connectivity index (χ1v) is 6.89. The van der Waals surface area contributed by atoms with Crippen molar-refractivity contribution in [2.24, 2.45) is 14.1 Å². The molecule has 0 saturated heterocycles. The van der Waals surface area contributed by atoms with Crippen LogP contribution in [0.5, 0.6) is 0 Å². The van der Waals surface area contributed by atoms with Gasteiger partial charge in [-0.05, 0) is 22.6 Å². The number of amides is 1. The van der Waals surface area contributed by atoms with Gasteiger partial charge in [-0.2, -0.15) is 5.10 Å². The number of rotatable bonds is 3. The monoisotopic (exact) mass is 346 g/mol. The number of aryl methyl sites for hydroxylation is 2. The predicted molar refractivity (Wildman–Crippen MR) is 81.8 cm³/mol. The van der Waals surface area contributed by atoms with Gasteiger partial charge in [0.25, 0.3) is 11.5 Å². The number of nitrogens with one attached hydrogen (secondary N) is 1. The van der Waals surface area contributed by atoms with Crippen molar-refractivity contribution in [2.75, 3.05) is 5.32 Å². The lowest BCUT2D eigenvalue weighted by molar-refractivity contribution is 0.101. The van der Waals surface area contributed by atoms with Crippen molar-refractivity contribution in [1.82, 2.24) is 34.6 Å². The molecule has 3 aromatic rings. The molecule has 25 heavy (non-hydrogen) atoms. The molecule has 1 aromatic carbocycles. The topological polar surface area (TPSA) is 130 Å². The number of halogens is 1. The van der Waals surface area contributed by atoms with Gasteiger partial charge in [-0.25, -0.2) is 23.1 Å². The molecular formula is C13H11FN8O3. The van der Waals surface area contributed by atoms with E-state index in [2.05, 4.69) is 25.9 Å². The molecule has 12 heteroatoms. The van der Waals surface area contributed by atoms with E-state index < -0.39 is 28.7 Å². The van der Waals surface area contributed by atoms with Crippen LogP contribution in [0.3, 0.4) is 0 Å². The third kappa shape index (κ3) is 2.80. The van der Waals surface area contributed by atoms with E-state index in [-0.39, 0.29) is 11.6 Å². The van der Waals surface area contributed by atoms with Crippen LogP contribution in [0.1, 0.15) is 10.5 Å². The summed E-state index contributed by atoms with van der Waals surface area (Å²) >= 11 is 0. The van der Waals surface area contributed by atoms with E-state index in [1.807, 2.05) is 0 Å². The summed E-state index contributed by atoms with van der Waals surface area (Å²) in [5, 5.41) is 16.4. The summed E-state index contributed by atoms with van der Waals surface area (Å²) in [6.07, 6.45) is 0. The first-order valence-electron chi connectivity index (χ1n) is 6.89. The van der Waals surface area contributed by atoms with Gasteiger partial charge in [0.2, 0.25) is 11.6 Å². The van der Waals surface area contributed by atoms with E-state index in [0.717, 1.165) is 15.4 Å². The summed E-state index contributed by atoms with van der Waals surface area (Å²) in [5.74, 6) is -1.77. The summed E-state index contributed by atoms with van der Waals surface area (Å²) in [6.45, 7) is 0. The third-order valence-corrected chi connectivity index (χ3v) is 3.28. The third-order valence-electron chi connectivity index (χ3n) is 3.28. The summed E-state index contributed by atoms with van der Waals surface area (Å²) < 4.78 is 16.5. The average Bonchev–Trinajstić information content (AvgIpc) is 2.97. The highest BCUT2D eigenvalue weighted by Gasteiger charge is 2.22. The Labute approximate surface area is 138 Å². The summed E-state index contributed by atoms with van der Waals surface area (Å²) in [7, 11) is 2.71. The number of tetrazole rings is 1. The number of anilines is 1. The predicted octanol–water partition coefficient (Wildman–Crippen LogP) is -1.15. The number of aromatic nitrogens is 7. The maximum atomic E-state index is 14.0. The highest BCUT2D eigenvalue weighted by molar-refractivity contribution is 6.01. The van der Waals surface area contributed by atoms with Gasteiger partial charge in [0.1, 0.15) is 5.82 Å². The lowest BCUT2D eigenvalue weighted by Crippen LogP contribution is -2.44. The minimum Gasteiger partial charge on any atom is -0.288 e.